The molecule has 0 fully saturated rings. The van der Waals surface area contributed by atoms with Crippen molar-refractivity contribution in [3.05, 3.63) is 51.9 Å². The highest BCUT2D eigenvalue weighted by molar-refractivity contribution is 7.14. The van der Waals surface area contributed by atoms with E-state index >= 15 is 0 Å². The first-order chi connectivity index (χ1) is 8.58. The van der Waals surface area contributed by atoms with Crippen LogP contribution in [0, 0.1) is 0 Å². The lowest BCUT2D eigenvalue weighted by Gasteiger charge is -2.04. The molecule has 0 spiro atoms. The van der Waals surface area contributed by atoms with E-state index in [0.29, 0.717) is 21.2 Å². The van der Waals surface area contributed by atoms with Gasteiger partial charge in [0.2, 0.25) is 0 Å². The standard InChI is InChI=1S/C12H9ClN2O2S/c13-8-3-1-2-7(6-8)11(17)15-12-9(10(14)16)4-5-18-12/h1-6H,(H2,14,16)(H,15,17). The summed E-state index contributed by atoms with van der Waals surface area (Å²) in [6, 6.07) is 8.12. The normalized spacial score (nSPS) is 10.1. The van der Waals surface area contributed by atoms with Crippen LogP contribution in [0.5, 0.6) is 0 Å². The van der Waals surface area contributed by atoms with Gasteiger partial charge in [-0.3, -0.25) is 9.59 Å². The Hall–Kier alpha value is -1.85. The highest BCUT2D eigenvalue weighted by Crippen LogP contribution is 2.23. The van der Waals surface area contributed by atoms with Crippen LogP contribution in [0.2, 0.25) is 5.02 Å². The summed E-state index contributed by atoms with van der Waals surface area (Å²) < 4.78 is 0. The maximum atomic E-state index is 11.9. The van der Waals surface area contributed by atoms with E-state index in [1.807, 2.05) is 0 Å². The minimum atomic E-state index is -0.572. The second-order valence-electron chi connectivity index (χ2n) is 3.49. The number of rotatable bonds is 3. The van der Waals surface area contributed by atoms with Gasteiger partial charge in [-0.15, -0.1) is 11.3 Å². The third-order valence-corrected chi connectivity index (χ3v) is 3.31. The molecule has 0 saturated heterocycles. The van der Waals surface area contributed by atoms with Gasteiger partial charge in [-0.2, -0.15) is 0 Å². The molecule has 1 aromatic heterocycles. The Bertz CT molecular complexity index is 610. The van der Waals surface area contributed by atoms with Gasteiger partial charge in [-0.1, -0.05) is 17.7 Å². The van der Waals surface area contributed by atoms with Gasteiger partial charge in [0, 0.05) is 10.6 Å². The lowest BCUT2D eigenvalue weighted by atomic mass is 10.2. The number of amides is 2. The van der Waals surface area contributed by atoms with Gasteiger partial charge in [0.15, 0.2) is 0 Å². The van der Waals surface area contributed by atoms with Crippen molar-refractivity contribution in [2.24, 2.45) is 5.73 Å². The quantitative estimate of drug-likeness (QED) is 0.907. The van der Waals surface area contributed by atoms with E-state index in [-0.39, 0.29) is 5.91 Å². The third-order valence-electron chi connectivity index (χ3n) is 2.24. The first-order valence-electron chi connectivity index (χ1n) is 5.02. The van der Waals surface area contributed by atoms with Crippen molar-refractivity contribution in [2.45, 2.75) is 0 Å². The van der Waals surface area contributed by atoms with Gasteiger partial charge in [-0.05, 0) is 29.6 Å². The van der Waals surface area contributed by atoms with E-state index in [1.165, 1.54) is 11.3 Å². The molecule has 0 unspecified atom stereocenters. The number of thiophene rings is 1. The van der Waals surface area contributed by atoms with Crippen LogP contribution < -0.4 is 11.1 Å². The van der Waals surface area contributed by atoms with Gasteiger partial charge in [0.1, 0.15) is 5.00 Å². The minimum Gasteiger partial charge on any atom is -0.366 e. The molecule has 92 valence electrons. The number of nitrogens with two attached hydrogens (primary N) is 1. The maximum absolute atomic E-state index is 11.9. The zero-order valence-electron chi connectivity index (χ0n) is 9.14. The summed E-state index contributed by atoms with van der Waals surface area (Å²) in [5.74, 6) is -0.903. The molecule has 6 heteroatoms. The first-order valence-corrected chi connectivity index (χ1v) is 6.28. The summed E-state index contributed by atoms with van der Waals surface area (Å²) in [6.07, 6.45) is 0. The van der Waals surface area contributed by atoms with Gasteiger partial charge in [0.25, 0.3) is 11.8 Å². The van der Waals surface area contributed by atoms with Crippen LogP contribution in [-0.2, 0) is 0 Å². The highest BCUT2D eigenvalue weighted by atomic mass is 35.5. The second kappa shape index (κ2) is 5.20. The molecule has 0 aliphatic carbocycles. The average Bonchev–Trinajstić information content (AvgIpc) is 2.77. The molecule has 4 nitrogen and oxygen atoms in total. The highest BCUT2D eigenvalue weighted by Gasteiger charge is 2.13. The van der Waals surface area contributed by atoms with E-state index < -0.39 is 5.91 Å². The van der Waals surface area contributed by atoms with Gasteiger partial charge >= 0.3 is 0 Å². The Kier molecular flexibility index (Phi) is 3.64. The Morgan fingerprint density at radius 3 is 2.72 bits per heavy atom. The van der Waals surface area contributed by atoms with E-state index in [9.17, 15) is 9.59 Å². The molecule has 0 aliphatic heterocycles. The number of hydrogen-bond acceptors (Lipinski definition) is 3. The summed E-state index contributed by atoms with van der Waals surface area (Å²) in [6.45, 7) is 0. The monoisotopic (exact) mass is 280 g/mol. The fraction of sp³-hybridized carbons (Fsp3) is 0. The van der Waals surface area contributed by atoms with E-state index in [0.717, 1.165) is 0 Å². The number of halogens is 1. The minimum absolute atomic E-state index is 0.301. The van der Waals surface area contributed by atoms with E-state index in [4.69, 9.17) is 17.3 Å². The first kappa shape index (κ1) is 12.6. The molecule has 0 bridgehead atoms. The van der Waals surface area contributed by atoms with Gasteiger partial charge in [-0.25, -0.2) is 0 Å². The van der Waals surface area contributed by atoms with Crippen LogP contribution in [0.1, 0.15) is 20.7 Å². The van der Waals surface area contributed by atoms with Gasteiger partial charge in [0.05, 0.1) is 5.56 Å². The fourth-order valence-electron chi connectivity index (χ4n) is 1.41. The molecule has 0 radical (unpaired) electrons. The summed E-state index contributed by atoms with van der Waals surface area (Å²) in [4.78, 5) is 23.0. The van der Waals surface area contributed by atoms with Crippen LogP contribution in [-0.4, -0.2) is 11.8 Å². The lowest BCUT2D eigenvalue weighted by Crippen LogP contribution is -2.16. The molecule has 0 saturated carbocycles. The Morgan fingerprint density at radius 2 is 2.06 bits per heavy atom. The van der Waals surface area contributed by atoms with Crippen LogP contribution in [0.25, 0.3) is 0 Å². The summed E-state index contributed by atoms with van der Waals surface area (Å²) >= 11 is 7.04. The number of anilines is 1. The molecule has 2 rings (SSSR count). The largest absolute Gasteiger partial charge is 0.366 e. The van der Waals surface area contributed by atoms with E-state index in [2.05, 4.69) is 5.32 Å². The van der Waals surface area contributed by atoms with Crippen LogP contribution in [0.15, 0.2) is 35.7 Å². The molecular weight excluding hydrogens is 272 g/mol. The molecule has 2 aromatic rings. The molecule has 3 N–H and O–H groups in total. The Morgan fingerprint density at radius 1 is 1.28 bits per heavy atom. The lowest BCUT2D eigenvalue weighted by molar-refractivity contribution is 0.100. The smallest absolute Gasteiger partial charge is 0.256 e. The zero-order chi connectivity index (χ0) is 13.1. The van der Waals surface area contributed by atoms with Crippen molar-refractivity contribution in [1.82, 2.24) is 0 Å². The molecular formula is C12H9ClN2O2S. The summed E-state index contributed by atoms with van der Waals surface area (Å²) in [5.41, 5.74) is 5.92. The molecule has 18 heavy (non-hydrogen) atoms. The predicted molar refractivity (Wildman–Crippen MR) is 72.2 cm³/mol. The van der Waals surface area contributed by atoms with Crippen molar-refractivity contribution < 1.29 is 9.59 Å². The van der Waals surface area contributed by atoms with Crippen LogP contribution in [0.3, 0.4) is 0 Å². The Balaban J connectivity index is 2.21. The number of nitrogens with one attached hydrogen (secondary N) is 1. The van der Waals surface area contributed by atoms with Crippen molar-refractivity contribution in [1.29, 1.82) is 0 Å². The summed E-state index contributed by atoms with van der Waals surface area (Å²) in [5, 5.41) is 5.24. The number of carbonyl (C=O) groups excluding carboxylic acids is 2. The zero-order valence-corrected chi connectivity index (χ0v) is 10.7. The number of primary amides is 1. The SMILES string of the molecule is NC(=O)c1ccsc1NC(=O)c1cccc(Cl)c1. The molecule has 1 aromatic carbocycles. The second-order valence-corrected chi connectivity index (χ2v) is 4.84. The van der Waals surface area contributed by atoms with Crippen LogP contribution >= 0.6 is 22.9 Å². The van der Waals surface area contributed by atoms with Crippen molar-refractivity contribution in [3.8, 4) is 0 Å². The van der Waals surface area contributed by atoms with Crippen molar-refractivity contribution in [2.75, 3.05) is 5.32 Å². The molecule has 2 amide bonds. The molecule has 0 aliphatic rings. The molecule has 0 atom stereocenters. The molecule has 1 heterocycles. The number of carbonyl (C=O) groups is 2. The van der Waals surface area contributed by atoms with Crippen molar-refractivity contribution in [3.63, 3.8) is 0 Å². The fourth-order valence-corrected chi connectivity index (χ4v) is 2.38. The number of benzene rings is 1. The third kappa shape index (κ3) is 2.69. The topological polar surface area (TPSA) is 72.2 Å². The average molecular weight is 281 g/mol. The van der Waals surface area contributed by atoms with Crippen LogP contribution in [0.4, 0.5) is 5.00 Å². The Labute approximate surface area is 112 Å². The summed E-state index contributed by atoms with van der Waals surface area (Å²) in [7, 11) is 0. The van der Waals surface area contributed by atoms with E-state index in [1.54, 1.807) is 35.7 Å². The van der Waals surface area contributed by atoms with Crippen molar-refractivity contribution >= 4 is 39.8 Å². The maximum Gasteiger partial charge on any atom is 0.256 e. The number of hydrogen-bond donors (Lipinski definition) is 2. The van der Waals surface area contributed by atoms with Gasteiger partial charge < -0.3 is 11.1 Å². The predicted octanol–water partition coefficient (Wildman–Crippen LogP) is 2.75.